The summed E-state index contributed by atoms with van der Waals surface area (Å²) in [5, 5.41) is 0.522. The van der Waals surface area contributed by atoms with Gasteiger partial charge in [0.2, 0.25) is 0 Å². The minimum Gasteiger partial charge on any atom is -0.496 e. The Balaban J connectivity index is 2.40. The van der Waals surface area contributed by atoms with E-state index in [0.29, 0.717) is 27.7 Å². The van der Waals surface area contributed by atoms with Gasteiger partial charge in [0, 0.05) is 12.1 Å². The zero-order chi connectivity index (χ0) is 14.7. The first-order chi connectivity index (χ1) is 9.54. The number of benzene rings is 2. The fourth-order valence-electron chi connectivity index (χ4n) is 1.92. The van der Waals surface area contributed by atoms with Crippen LogP contribution >= 0.6 is 11.6 Å². The van der Waals surface area contributed by atoms with E-state index in [4.69, 9.17) is 22.1 Å². The molecule has 2 aromatic carbocycles. The Morgan fingerprint density at radius 1 is 1.25 bits per heavy atom. The quantitative estimate of drug-likeness (QED) is 0.883. The largest absolute Gasteiger partial charge is 0.496 e. The van der Waals surface area contributed by atoms with E-state index in [9.17, 15) is 4.79 Å². The first-order valence-corrected chi connectivity index (χ1v) is 6.38. The summed E-state index contributed by atoms with van der Waals surface area (Å²) in [5.41, 5.74) is 7.41. The second kappa shape index (κ2) is 5.84. The lowest BCUT2D eigenvalue weighted by Crippen LogP contribution is -2.27. The molecule has 2 aromatic rings. The molecule has 2 N–H and O–H groups in total. The Hall–Kier alpha value is -2.20. The number of anilines is 2. The number of hydrogen-bond acceptors (Lipinski definition) is 3. The van der Waals surface area contributed by atoms with E-state index in [1.54, 1.807) is 43.4 Å². The van der Waals surface area contributed by atoms with Crippen LogP contribution < -0.4 is 15.4 Å². The molecule has 2 rings (SSSR count). The van der Waals surface area contributed by atoms with Crippen molar-refractivity contribution in [2.75, 3.05) is 24.8 Å². The highest BCUT2D eigenvalue weighted by Gasteiger charge is 2.19. The van der Waals surface area contributed by atoms with Crippen LogP contribution in [0, 0.1) is 0 Å². The highest BCUT2D eigenvalue weighted by atomic mass is 35.5. The van der Waals surface area contributed by atoms with Gasteiger partial charge in [-0.15, -0.1) is 0 Å². The second-order valence-corrected chi connectivity index (χ2v) is 4.70. The summed E-state index contributed by atoms with van der Waals surface area (Å²) in [6.45, 7) is 0. The normalized spacial score (nSPS) is 10.2. The lowest BCUT2D eigenvalue weighted by atomic mass is 10.1. The predicted octanol–water partition coefficient (Wildman–Crippen LogP) is 3.21. The molecule has 0 saturated heterocycles. The van der Waals surface area contributed by atoms with Gasteiger partial charge in [-0.05, 0) is 30.3 Å². The first kappa shape index (κ1) is 14.2. The number of nitrogens with two attached hydrogens (primary N) is 1. The summed E-state index contributed by atoms with van der Waals surface area (Å²) in [6, 6.07) is 12.0. The van der Waals surface area contributed by atoms with E-state index in [1.165, 1.54) is 12.0 Å². The number of rotatable bonds is 3. The van der Waals surface area contributed by atoms with E-state index < -0.39 is 0 Å². The van der Waals surface area contributed by atoms with Gasteiger partial charge in [-0.3, -0.25) is 4.79 Å². The number of hydrogen-bond donors (Lipinski definition) is 1. The average Bonchev–Trinajstić information content (AvgIpc) is 2.48. The molecule has 0 fully saturated rings. The number of nitrogens with zero attached hydrogens (tertiary/aromatic N) is 1. The molecule has 0 aromatic heterocycles. The number of amides is 1. The molecule has 0 bridgehead atoms. The number of ether oxygens (including phenoxy) is 1. The molecular formula is C15H15ClN2O2. The fraction of sp³-hybridized carbons (Fsp3) is 0.133. The lowest BCUT2D eigenvalue weighted by molar-refractivity contribution is 0.0990. The van der Waals surface area contributed by atoms with E-state index in [2.05, 4.69) is 0 Å². The van der Waals surface area contributed by atoms with Gasteiger partial charge in [0.25, 0.3) is 5.91 Å². The smallest absolute Gasteiger partial charge is 0.261 e. The van der Waals surface area contributed by atoms with Crippen LogP contribution in [0.4, 0.5) is 11.4 Å². The summed E-state index contributed by atoms with van der Waals surface area (Å²) in [6.07, 6.45) is 0. The molecule has 0 radical (unpaired) electrons. The Bertz CT molecular complexity index is 644. The maximum absolute atomic E-state index is 12.5. The van der Waals surface area contributed by atoms with E-state index >= 15 is 0 Å². The van der Waals surface area contributed by atoms with E-state index in [-0.39, 0.29) is 5.91 Å². The molecule has 0 aliphatic rings. The van der Waals surface area contributed by atoms with Gasteiger partial charge in [0.15, 0.2) is 0 Å². The van der Waals surface area contributed by atoms with Crippen molar-refractivity contribution in [2.45, 2.75) is 0 Å². The zero-order valence-corrected chi connectivity index (χ0v) is 12.0. The van der Waals surface area contributed by atoms with Crippen LogP contribution in [0.1, 0.15) is 10.4 Å². The van der Waals surface area contributed by atoms with Crippen LogP contribution in [0.15, 0.2) is 42.5 Å². The van der Waals surface area contributed by atoms with Crippen molar-refractivity contribution in [3.63, 3.8) is 0 Å². The monoisotopic (exact) mass is 290 g/mol. The van der Waals surface area contributed by atoms with Crippen LogP contribution in [-0.4, -0.2) is 20.1 Å². The summed E-state index contributed by atoms with van der Waals surface area (Å²) in [4.78, 5) is 14.0. The second-order valence-electron chi connectivity index (χ2n) is 4.27. The van der Waals surface area contributed by atoms with Crippen molar-refractivity contribution in [3.05, 3.63) is 53.1 Å². The molecule has 0 spiro atoms. The Morgan fingerprint density at radius 3 is 2.65 bits per heavy atom. The molecule has 0 unspecified atom stereocenters. The molecule has 20 heavy (non-hydrogen) atoms. The topological polar surface area (TPSA) is 55.6 Å². The van der Waals surface area contributed by atoms with Gasteiger partial charge in [0.1, 0.15) is 5.75 Å². The number of halogens is 1. The maximum Gasteiger partial charge on any atom is 0.261 e. The van der Waals surface area contributed by atoms with Crippen molar-refractivity contribution >= 4 is 28.9 Å². The highest BCUT2D eigenvalue weighted by Crippen LogP contribution is 2.28. The Kier molecular flexibility index (Phi) is 4.15. The van der Waals surface area contributed by atoms with Crippen molar-refractivity contribution < 1.29 is 9.53 Å². The van der Waals surface area contributed by atoms with Crippen molar-refractivity contribution in [1.82, 2.24) is 0 Å². The minimum absolute atomic E-state index is 0.212. The lowest BCUT2D eigenvalue weighted by Gasteiger charge is -2.20. The minimum atomic E-state index is -0.212. The SMILES string of the molecule is COc1ccccc1C(=O)N(C)c1cc(Cl)ccc1N. The summed E-state index contributed by atoms with van der Waals surface area (Å²) >= 11 is 5.95. The summed E-state index contributed by atoms with van der Waals surface area (Å²) in [7, 11) is 3.18. The number of nitrogen functional groups attached to an aromatic ring is 1. The standard InChI is InChI=1S/C15H15ClN2O2/c1-18(13-9-10(16)7-8-12(13)17)15(19)11-5-3-4-6-14(11)20-2/h3-9H,17H2,1-2H3. The number of para-hydroxylation sites is 1. The maximum atomic E-state index is 12.5. The predicted molar refractivity (Wildman–Crippen MR) is 81.6 cm³/mol. The Labute approximate surface area is 122 Å². The molecular weight excluding hydrogens is 276 g/mol. The van der Waals surface area contributed by atoms with Gasteiger partial charge < -0.3 is 15.4 Å². The molecule has 1 amide bonds. The van der Waals surface area contributed by atoms with Gasteiger partial charge >= 0.3 is 0 Å². The molecule has 0 aliphatic heterocycles. The van der Waals surface area contributed by atoms with Crippen LogP contribution in [-0.2, 0) is 0 Å². The third kappa shape index (κ3) is 2.70. The van der Waals surface area contributed by atoms with Crippen LogP contribution in [0.5, 0.6) is 5.75 Å². The Morgan fingerprint density at radius 2 is 1.95 bits per heavy atom. The van der Waals surface area contributed by atoms with E-state index in [0.717, 1.165) is 0 Å². The van der Waals surface area contributed by atoms with E-state index in [1.807, 2.05) is 6.07 Å². The first-order valence-electron chi connectivity index (χ1n) is 6.00. The summed E-state index contributed by atoms with van der Waals surface area (Å²) in [5.74, 6) is 0.307. The number of carbonyl (C=O) groups excluding carboxylic acids is 1. The third-order valence-corrected chi connectivity index (χ3v) is 3.23. The van der Waals surface area contributed by atoms with Gasteiger partial charge in [-0.1, -0.05) is 23.7 Å². The molecule has 5 heteroatoms. The average molecular weight is 291 g/mol. The van der Waals surface area contributed by atoms with Gasteiger partial charge in [0.05, 0.1) is 24.0 Å². The van der Waals surface area contributed by atoms with Crippen molar-refractivity contribution in [3.8, 4) is 5.75 Å². The van der Waals surface area contributed by atoms with Crippen LogP contribution in [0.25, 0.3) is 0 Å². The van der Waals surface area contributed by atoms with Crippen LogP contribution in [0.3, 0.4) is 0 Å². The molecule has 0 aliphatic carbocycles. The number of carbonyl (C=O) groups is 1. The van der Waals surface area contributed by atoms with Gasteiger partial charge in [-0.25, -0.2) is 0 Å². The summed E-state index contributed by atoms with van der Waals surface area (Å²) < 4.78 is 5.20. The molecule has 104 valence electrons. The molecule has 4 nitrogen and oxygen atoms in total. The molecule has 0 saturated carbocycles. The third-order valence-electron chi connectivity index (χ3n) is 3.00. The van der Waals surface area contributed by atoms with Crippen molar-refractivity contribution in [1.29, 1.82) is 0 Å². The van der Waals surface area contributed by atoms with Crippen LogP contribution in [0.2, 0.25) is 5.02 Å². The molecule has 0 atom stereocenters. The van der Waals surface area contributed by atoms with Crippen molar-refractivity contribution in [2.24, 2.45) is 0 Å². The fourth-order valence-corrected chi connectivity index (χ4v) is 2.09. The zero-order valence-electron chi connectivity index (χ0n) is 11.3. The number of methoxy groups -OCH3 is 1. The van der Waals surface area contributed by atoms with Gasteiger partial charge in [-0.2, -0.15) is 0 Å². The molecule has 0 heterocycles. The highest BCUT2D eigenvalue weighted by molar-refractivity contribution is 6.31.